The number of hydrogen-bond donors (Lipinski definition) is 4. The van der Waals surface area contributed by atoms with Crippen LogP contribution in [0.25, 0.3) is 0 Å². The van der Waals surface area contributed by atoms with Crippen LogP contribution in [0.2, 0.25) is 0 Å². The minimum absolute atomic E-state index is 0.0902. The molecule has 0 saturated heterocycles. The normalized spacial score (nSPS) is 14.7. The standard InChI is InChI=1S/C11H22N2O5/c1-11(2,3)18-10(17)13-5-4-7(9(15)16)8(14)6-12/h7-8,14H,4-6,12H2,1-3H3,(H,13,17)(H,15,16). The van der Waals surface area contributed by atoms with E-state index in [-0.39, 0.29) is 19.5 Å². The molecule has 0 aromatic heterocycles. The Morgan fingerprint density at radius 3 is 2.33 bits per heavy atom. The summed E-state index contributed by atoms with van der Waals surface area (Å²) in [6.07, 6.45) is -1.65. The van der Waals surface area contributed by atoms with Crippen LogP contribution in [-0.2, 0) is 9.53 Å². The van der Waals surface area contributed by atoms with Crippen molar-refractivity contribution in [3.8, 4) is 0 Å². The average molecular weight is 262 g/mol. The summed E-state index contributed by atoms with van der Waals surface area (Å²) < 4.78 is 4.98. The third-order valence-electron chi connectivity index (χ3n) is 2.15. The van der Waals surface area contributed by atoms with E-state index in [9.17, 15) is 14.7 Å². The van der Waals surface area contributed by atoms with Crippen LogP contribution < -0.4 is 11.1 Å². The number of carboxylic acids is 1. The fourth-order valence-electron chi connectivity index (χ4n) is 1.29. The molecule has 0 fully saturated rings. The lowest BCUT2D eigenvalue weighted by molar-refractivity contribution is -0.145. The van der Waals surface area contributed by atoms with E-state index in [1.165, 1.54) is 0 Å². The minimum atomic E-state index is -1.14. The predicted molar refractivity (Wildman–Crippen MR) is 65.0 cm³/mol. The molecule has 7 heteroatoms. The summed E-state index contributed by atoms with van der Waals surface area (Å²) in [5.74, 6) is -2.14. The van der Waals surface area contributed by atoms with Crippen LogP contribution in [-0.4, -0.2) is 47.1 Å². The van der Waals surface area contributed by atoms with Crippen molar-refractivity contribution in [1.82, 2.24) is 5.32 Å². The monoisotopic (exact) mass is 262 g/mol. The van der Waals surface area contributed by atoms with E-state index in [0.29, 0.717) is 0 Å². The Hall–Kier alpha value is -1.34. The predicted octanol–water partition coefficient (Wildman–Crippen LogP) is -0.0784. The second-order valence-electron chi connectivity index (χ2n) is 4.97. The number of nitrogens with two attached hydrogens (primary N) is 1. The van der Waals surface area contributed by atoms with Gasteiger partial charge in [0.25, 0.3) is 0 Å². The number of rotatable bonds is 6. The largest absolute Gasteiger partial charge is 0.481 e. The highest BCUT2D eigenvalue weighted by Crippen LogP contribution is 2.09. The molecule has 0 heterocycles. The van der Waals surface area contributed by atoms with Gasteiger partial charge in [-0.15, -0.1) is 0 Å². The summed E-state index contributed by atoms with van der Waals surface area (Å²) in [7, 11) is 0. The van der Waals surface area contributed by atoms with Crippen LogP contribution in [0.4, 0.5) is 4.79 Å². The molecule has 0 aromatic rings. The van der Waals surface area contributed by atoms with Crippen molar-refractivity contribution in [2.24, 2.45) is 11.7 Å². The summed E-state index contributed by atoms with van der Waals surface area (Å²) >= 11 is 0. The lowest BCUT2D eigenvalue weighted by Gasteiger charge is -2.21. The molecule has 0 bridgehead atoms. The number of amides is 1. The molecule has 0 aromatic carbocycles. The lowest BCUT2D eigenvalue weighted by Crippen LogP contribution is -2.38. The van der Waals surface area contributed by atoms with Gasteiger partial charge in [-0.05, 0) is 27.2 Å². The fraction of sp³-hybridized carbons (Fsp3) is 0.818. The number of carbonyl (C=O) groups excluding carboxylic acids is 1. The third kappa shape index (κ3) is 7.08. The van der Waals surface area contributed by atoms with E-state index in [1.54, 1.807) is 20.8 Å². The Morgan fingerprint density at radius 2 is 1.94 bits per heavy atom. The van der Waals surface area contributed by atoms with Gasteiger partial charge in [0, 0.05) is 13.1 Å². The quantitative estimate of drug-likeness (QED) is 0.531. The van der Waals surface area contributed by atoms with Crippen molar-refractivity contribution >= 4 is 12.1 Å². The number of carbonyl (C=O) groups is 2. The summed E-state index contributed by atoms with van der Waals surface area (Å²) in [6, 6.07) is 0. The van der Waals surface area contributed by atoms with Crippen LogP contribution in [0.3, 0.4) is 0 Å². The molecule has 2 unspecified atom stereocenters. The van der Waals surface area contributed by atoms with E-state index in [2.05, 4.69) is 5.32 Å². The molecule has 106 valence electrons. The van der Waals surface area contributed by atoms with Gasteiger partial charge in [-0.1, -0.05) is 0 Å². The van der Waals surface area contributed by atoms with Crippen LogP contribution in [0.5, 0.6) is 0 Å². The van der Waals surface area contributed by atoms with Gasteiger partial charge in [-0.3, -0.25) is 4.79 Å². The molecule has 2 atom stereocenters. The van der Waals surface area contributed by atoms with E-state index < -0.39 is 29.7 Å². The van der Waals surface area contributed by atoms with Crippen LogP contribution in [0.1, 0.15) is 27.2 Å². The number of aliphatic carboxylic acids is 1. The minimum Gasteiger partial charge on any atom is -0.481 e. The van der Waals surface area contributed by atoms with Crippen molar-refractivity contribution in [3.63, 3.8) is 0 Å². The number of nitrogens with one attached hydrogen (secondary N) is 1. The molecule has 0 saturated carbocycles. The lowest BCUT2D eigenvalue weighted by atomic mass is 9.99. The van der Waals surface area contributed by atoms with Gasteiger partial charge < -0.3 is 26.0 Å². The Labute approximate surface area is 106 Å². The first-order chi connectivity index (χ1) is 8.17. The number of alkyl carbamates (subject to hydrolysis) is 1. The van der Waals surface area contributed by atoms with Crippen LogP contribution in [0, 0.1) is 5.92 Å². The molecule has 0 radical (unpaired) electrons. The Balaban J connectivity index is 4.08. The molecule has 1 amide bonds. The zero-order chi connectivity index (χ0) is 14.3. The topological polar surface area (TPSA) is 122 Å². The van der Waals surface area contributed by atoms with Crippen molar-refractivity contribution < 1.29 is 24.5 Å². The smallest absolute Gasteiger partial charge is 0.407 e. The van der Waals surface area contributed by atoms with Gasteiger partial charge in [0.2, 0.25) is 0 Å². The van der Waals surface area contributed by atoms with Crippen molar-refractivity contribution in [3.05, 3.63) is 0 Å². The Bertz CT molecular complexity index is 288. The SMILES string of the molecule is CC(C)(C)OC(=O)NCCC(C(=O)O)C(O)CN. The zero-order valence-corrected chi connectivity index (χ0v) is 11.0. The number of aliphatic hydroxyl groups is 1. The van der Waals surface area contributed by atoms with Crippen molar-refractivity contribution in [1.29, 1.82) is 0 Å². The molecule has 18 heavy (non-hydrogen) atoms. The van der Waals surface area contributed by atoms with Gasteiger partial charge in [-0.25, -0.2) is 4.79 Å². The van der Waals surface area contributed by atoms with Gasteiger partial charge in [0.05, 0.1) is 12.0 Å². The molecular formula is C11H22N2O5. The van der Waals surface area contributed by atoms with E-state index in [1.807, 2.05) is 0 Å². The number of carboxylic acid groups (broad SMARTS) is 1. The van der Waals surface area contributed by atoms with Crippen molar-refractivity contribution in [2.75, 3.05) is 13.1 Å². The summed E-state index contributed by atoms with van der Waals surface area (Å²) in [4.78, 5) is 22.1. The average Bonchev–Trinajstić information content (AvgIpc) is 2.20. The molecule has 0 aliphatic heterocycles. The molecule has 0 spiro atoms. The number of aliphatic hydroxyl groups excluding tert-OH is 1. The maximum absolute atomic E-state index is 11.3. The Morgan fingerprint density at radius 1 is 1.39 bits per heavy atom. The van der Waals surface area contributed by atoms with Crippen molar-refractivity contribution in [2.45, 2.75) is 38.9 Å². The molecule has 5 N–H and O–H groups in total. The number of ether oxygens (including phenoxy) is 1. The summed E-state index contributed by atoms with van der Waals surface area (Å²) in [6.45, 7) is 5.15. The summed E-state index contributed by atoms with van der Waals surface area (Å²) in [5, 5.41) is 20.7. The first kappa shape index (κ1) is 16.7. The number of hydrogen-bond acceptors (Lipinski definition) is 5. The fourth-order valence-corrected chi connectivity index (χ4v) is 1.29. The van der Waals surface area contributed by atoms with Gasteiger partial charge in [-0.2, -0.15) is 0 Å². The van der Waals surface area contributed by atoms with Gasteiger partial charge in [0.15, 0.2) is 0 Å². The zero-order valence-electron chi connectivity index (χ0n) is 11.0. The van der Waals surface area contributed by atoms with E-state index >= 15 is 0 Å². The van der Waals surface area contributed by atoms with Gasteiger partial charge >= 0.3 is 12.1 Å². The highest BCUT2D eigenvalue weighted by molar-refractivity contribution is 5.71. The van der Waals surface area contributed by atoms with E-state index in [0.717, 1.165) is 0 Å². The second kappa shape index (κ2) is 7.17. The summed E-state index contributed by atoms with van der Waals surface area (Å²) in [5.41, 5.74) is 4.60. The highest BCUT2D eigenvalue weighted by Gasteiger charge is 2.25. The molecule has 7 nitrogen and oxygen atoms in total. The van der Waals surface area contributed by atoms with Crippen LogP contribution in [0.15, 0.2) is 0 Å². The first-order valence-electron chi connectivity index (χ1n) is 5.75. The molecule has 0 aliphatic rings. The molecule has 0 rings (SSSR count). The Kier molecular flexibility index (Phi) is 6.64. The maximum Gasteiger partial charge on any atom is 0.407 e. The molecular weight excluding hydrogens is 240 g/mol. The van der Waals surface area contributed by atoms with Crippen LogP contribution >= 0.6 is 0 Å². The first-order valence-corrected chi connectivity index (χ1v) is 5.75. The highest BCUT2D eigenvalue weighted by atomic mass is 16.6. The maximum atomic E-state index is 11.3. The second-order valence-corrected chi connectivity index (χ2v) is 4.97. The molecule has 0 aliphatic carbocycles. The third-order valence-corrected chi connectivity index (χ3v) is 2.15. The van der Waals surface area contributed by atoms with E-state index in [4.69, 9.17) is 15.6 Å². The van der Waals surface area contributed by atoms with Gasteiger partial charge in [0.1, 0.15) is 5.60 Å².